The molecule has 1 heterocycles. The summed E-state index contributed by atoms with van der Waals surface area (Å²) in [5, 5.41) is 3.45. The van der Waals surface area contributed by atoms with Gasteiger partial charge in [-0.2, -0.15) is 0 Å². The van der Waals surface area contributed by atoms with E-state index in [2.05, 4.69) is 66.5 Å². The van der Waals surface area contributed by atoms with E-state index in [-0.39, 0.29) is 0 Å². The molecule has 1 aliphatic rings. The second kappa shape index (κ2) is 5.31. The summed E-state index contributed by atoms with van der Waals surface area (Å²) in [4.78, 5) is 0. The van der Waals surface area contributed by atoms with Gasteiger partial charge in [-0.15, -0.1) is 0 Å². The summed E-state index contributed by atoms with van der Waals surface area (Å²) in [5.74, 6) is 0. The van der Waals surface area contributed by atoms with E-state index >= 15 is 0 Å². The zero-order valence-electron chi connectivity index (χ0n) is 11.1. The molecule has 1 unspecified atom stereocenters. The lowest BCUT2D eigenvalue weighted by Gasteiger charge is -2.11. The summed E-state index contributed by atoms with van der Waals surface area (Å²) in [5.41, 5.74) is 5.15. The Bertz CT molecular complexity index is 554. The smallest absolute Gasteiger partial charge is 0.0302 e. The van der Waals surface area contributed by atoms with E-state index in [1.165, 1.54) is 28.8 Å². The molecule has 1 heteroatoms. The Labute approximate surface area is 115 Å². The van der Waals surface area contributed by atoms with Crippen LogP contribution in [0.4, 0.5) is 0 Å². The first-order valence-corrected chi connectivity index (χ1v) is 6.90. The number of allylic oxidation sites excluding steroid dienone is 1. The van der Waals surface area contributed by atoms with E-state index < -0.39 is 0 Å². The molecule has 1 fully saturated rings. The summed E-state index contributed by atoms with van der Waals surface area (Å²) < 4.78 is 0. The van der Waals surface area contributed by atoms with E-state index in [0.29, 0.717) is 6.04 Å². The summed E-state index contributed by atoms with van der Waals surface area (Å²) in [6.45, 7) is 3.99. The molecule has 0 bridgehead atoms. The second-order valence-corrected chi connectivity index (χ2v) is 5.25. The van der Waals surface area contributed by atoms with E-state index in [1.54, 1.807) is 0 Å². The van der Waals surface area contributed by atoms with Crippen molar-refractivity contribution >= 4 is 0 Å². The molecule has 1 saturated heterocycles. The van der Waals surface area contributed by atoms with Gasteiger partial charge < -0.3 is 5.32 Å². The summed E-state index contributed by atoms with van der Waals surface area (Å²) in [6.07, 6.45) is 3.42. The first-order chi connectivity index (χ1) is 9.31. The van der Waals surface area contributed by atoms with Crippen LogP contribution in [0.5, 0.6) is 0 Å². The molecule has 0 aromatic heterocycles. The van der Waals surface area contributed by atoms with Crippen LogP contribution >= 0.6 is 0 Å². The van der Waals surface area contributed by atoms with Crippen LogP contribution in [0, 0.1) is 0 Å². The molecule has 0 saturated carbocycles. The largest absolute Gasteiger partial charge is 0.386 e. The van der Waals surface area contributed by atoms with Crippen LogP contribution in [0.15, 0.2) is 66.9 Å². The van der Waals surface area contributed by atoms with Crippen LogP contribution in [0.3, 0.4) is 0 Å². The average Bonchev–Trinajstić information content (AvgIpc) is 2.86. The predicted octanol–water partition coefficient (Wildman–Crippen LogP) is 4.16. The molecular weight excluding hydrogens is 230 g/mol. The van der Waals surface area contributed by atoms with E-state index in [1.807, 2.05) is 0 Å². The Kier molecular flexibility index (Phi) is 3.37. The molecule has 3 rings (SSSR count). The molecule has 0 aliphatic carbocycles. The van der Waals surface area contributed by atoms with Crippen molar-refractivity contribution < 1.29 is 0 Å². The average molecular weight is 249 g/mol. The van der Waals surface area contributed by atoms with Crippen LogP contribution in [0.2, 0.25) is 0 Å². The number of rotatable bonds is 3. The molecule has 2 aromatic rings. The first-order valence-electron chi connectivity index (χ1n) is 6.90. The summed E-state index contributed by atoms with van der Waals surface area (Å²) >= 11 is 0. The van der Waals surface area contributed by atoms with Gasteiger partial charge in [-0.25, -0.2) is 0 Å². The molecule has 2 aromatic carbocycles. The molecular formula is C18H19N. The van der Waals surface area contributed by atoms with Crippen LogP contribution in [-0.2, 0) is 6.42 Å². The zero-order valence-corrected chi connectivity index (χ0v) is 11.1. The van der Waals surface area contributed by atoms with Crippen molar-refractivity contribution in [3.8, 4) is 11.1 Å². The normalized spacial score (nSPS) is 18.3. The highest BCUT2D eigenvalue weighted by molar-refractivity contribution is 5.63. The maximum atomic E-state index is 3.99. The standard InChI is InChI=1S/C18H19N/c1-14-7-12-18(19-14)13-15-8-10-17(11-9-15)16-5-3-2-4-6-16/h2-6,8-11,18-19H,1,7,12-13H2. The first kappa shape index (κ1) is 12.0. The van der Waals surface area contributed by atoms with Crippen molar-refractivity contribution in [3.63, 3.8) is 0 Å². The number of hydrogen-bond acceptors (Lipinski definition) is 1. The molecule has 96 valence electrons. The van der Waals surface area contributed by atoms with Gasteiger partial charge in [0.25, 0.3) is 0 Å². The van der Waals surface area contributed by atoms with Gasteiger partial charge in [-0.05, 0) is 36.0 Å². The van der Waals surface area contributed by atoms with Crippen molar-refractivity contribution in [1.29, 1.82) is 0 Å². The highest BCUT2D eigenvalue weighted by atomic mass is 14.9. The minimum absolute atomic E-state index is 0.565. The third-order valence-corrected chi connectivity index (χ3v) is 3.75. The fraction of sp³-hybridized carbons (Fsp3) is 0.222. The molecule has 1 aliphatic heterocycles. The number of hydrogen-bond donors (Lipinski definition) is 1. The quantitative estimate of drug-likeness (QED) is 0.861. The number of benzene rings is 2. The lowest BCUT2D eigenvalue weighted by atomic mass is 10.0. The van der Waals surface area contributed by atoms with Gasteiger partial charge in [0.1, 0.15) is 0 Å². The van der Waals surface area contributed by atoms with Gasteiger partial charge in [-0.1, -0.05) is 61.2 Å². The minimum atomic E-state index is 0.565. The summed E-state index contributed by atoms with van der Waals surface area (Å²) in [7, 11) is 0. The second-order valence-electron chi connectivity index (χ2n) is 5.25. The molecule has 1 N–H and O–H groups in total. The third-order valence-electron chi connectivity index (χ3n) is 3.75. The van der Waals surface area contributed by atoms with E-state index in [0.717, 1.165) is 12.8 Å². The zero-order chi connectivity index (χ0) is 13.1. The van der Waals surface area contributed by atoms with Gasteiger partial charge >= 0.3 is 0 Å². The molecule has 0 radical (unpaired) electrons. The Morgan fingerprint density at radius 2 is 1.63 bits per heavy atom. The van der Waals surface area contributed by atoms with Crippen LogP contribution in [0.25, 0.3) is 11.1 Å². The molecule has 0 spiro atoms. The molecule has 0 amide bonds. The maximum Gasteiger partial charge on any atom is 0.0302 e. The maximum absolute atomic E-state index is 3.99. The van der Waals surface area contributed by atoms with Gasteiger partial charge in [-0.3, -0.25) is 0 Å². The topological polar surface area (TPSA) is 12.0 Å². The van der Waals surface area contributed by atoms with Crippen molar-refractivity contribution in [2.45, 2.75) is 25.3 Å². The number of nitrogens with one attached hydrogen (secondary N) is 1. The van der Waals surface area contributed by atoms with Crippen LogP contribution < -0.4 is 5.32 Å². The van der Waals surface area contributed by atoms with Crippen molar-refractivity contribution in [2.24, 2.45) is 0 Å². The van der Waals surface area contributed by atoms with Crippen LogP contribution in [0.1, 0.15) is 18.4 Å². The highest BCUT2D eigenvalue weighted by Crippen LogP contribution is 2.22. The van der Waals surface area contributed by atoms with Gasteiger partial charge in [0.2, 0.25) is 0 Å². The summed E-state index contributed by atoms with van der Waals surface area (Å²) in [6, 6.07) is 20.0. The molecule has 19 heavy (non-hydrogen) atoms. The van der Waals surface area contributed by atoms with Crippen molar-refractivity contribution in [3.05, 3.63) is 72.4 Å². The third kappa shape index (κ3) is 2.87. The van der Waals surface area contributed by atoms with E-state index in [9.17, 15) is 0 Å². The van der Waals surface area contributed by atoms with Crippen molar-refractivity contribution in [1.82, 2.24) is 5.32 Å². The molecule has 1 nitrogen and oxygen atoms in total. The highest BCUT2D eigenvalue weighted by Gasteiger charge is 2.16. The van der Waals surface area contributed by atoms with E-state index in [4.69, 9.17) is 0 Å². The Hall–Kier alpha value is -2.02. The fourth-order valence-electron chi connectivity index (χ4n) is 2.68. The Morgan fingerprint density at radius 1 is 0.947 bits per heavy atom. The van der Waals surface area contributed by atoms with Crippen molar-refractivity contribution in [2.75, 3.05) is 0 Å². The fourth-order valence-corrected chi connectivity index (χ4v) is 2.68. The Balaban J connectivity index is 1.71. The van der Waals surface area contributed by atoms with Crippen LogP contribution in [-0.4, -0.2) is 6.04 Å². The van der Waals surface area contributed by atoms with Gasteiger partial charge in [0.05, 0.1) is 0 Å². The Morgan fingerprint density at radius 3 is 2.26 bits per heavy atom. The lowest BCUT2D eigenvalue weighted by Crippen LogP contribution is -2.22. The predicted molar refractivity (Wildman–Crippen MR) is 80.9 cm³/mol. The molecule has 1 atom stereocenters. The van der Waals surface area contributed by atoms with Gasteiger partial charge in [0.15, 0.2) is 0 Å². The lowest BCUT2D eigenvalue weighted by molar-refractivity contribution is 0.616. The van der Waals surface area contributed by atoms with Gasteiger partial charge in [0, 0.05) is 11.7 Å². The monoisotopic (exact) mass is 249 g/mol. The minimum Gasteiger partial charge on any atom is -0.386 e. The SMILES string of the molecule is C=C1CCC(Cc2ccc(-c3ccccc3)cc2)N1.